The third kappa shape index (κ3) is 3.90. The summed E-state index contributed by atoms with van der Waals surface area (Å²) >= 11 is 0. The first-order valence-corrected chi connectivity index (χ1v) is 17.7. The van der Waals surface area contributed by atoms with Crippen LogP contribution in [0.15, 0.2) is 121 Å². The molecule has 0 unspecified atom stereocenters. The summed E-state index contributed by atoms with van der Waals surface area (Å²) in [4.78, 5) is 0. The van der Waals surface area contributed by atoms with E-state index in [1.54, 1.807) is 0 Å². The molecule has 230 valence electrons. The Hall–Kier alpha value is -5.20. The zero-order chi connectivity index (χ0) is 32.3. The Morgan fingerprint density at radius 3 is 1.65 bits per heavy atom. The molecule has 0 radical (unpaired) electrons. The molecule has 0 aliphatic heterocycles. The second-order valence-corrected chi connectivity index (χ2v) is 15.2. The highest BCUT2D eigenvalue weighted by molar-refractivity contribution is 6.00. The summed E-state index contributed by atoms with van der Waals surface area (Å²) < 4.78 is 0. The van der Waals surface area contributed by atoms with E-state index < -0.39 is 0 Å². The van der Waals surface area contributed by atoms with Gasteiger partial charge in [0.15, 0.2) is 0 Å². The van der Waals surface area contributed by atoms with Crippen LogP contribution in [0, 0.1) is 41.7 Å². The highest BCUT2D eigenvalue weighted by Gasteiger charge is 2.20. The van der Waals surface area contributed by atoms with Crippen molar-refractivity contribution in [2.45, 2.75) is 52.4 Å². The standard InChI is InChI=1S/C48H38/c1-5-6-10-28-15-16-29-22-32-25-42-37-18-17-36-41-24-30-11-9-13-34(35-12-7-8-14-45(35)48(2,3)4)40(30)27-44(41)39-20-19-38(46(37)47(36)39)43(42)26-33(32)23-31(29)21-28/h7-9,11-27H,5-6,10H2,1-4H3. The Kier molecular flexibility index (Phi) is 5.75. The summed E-state index contributed by atoms with van der Waals surface area (Å²) in [5.41, 5.74) is 5.54. The number of fused-ring (bicyclic) bond motifs is 5. The number of rotatable bonds is 4. The van der Waals surface area contributed by atoms with Gasteiger partial charge in [-0.05, 0) is 162 Å². The summed E-state index contributed by atoms with van der Waals surface area (Å²) in [6.45, 7) is 9.22. The molecule has 10 rings (SSSR count). The van der Waals surface area contributed by atoms with Gasteiger partial charge in [0, 0.05) is 0 Å². The monoisotopic (exact) mass is 614 g/mol. The van der Waals surface area contributed by atoms with Crippen LogP contribution in [0.2, 0.25) is 0 Å². The van der Waals surface area contributed by atoms with Gasteiger partial charge in [-0.15, -0.1) is 0 Å². The summed E-state index contributed by atoms with van der Waals surface area (Å²) in [7, 11) is 0. The average Bonchev–Trinajstić information content (AvgIpc) is 3.58. The lowest BCUT2D eigenvalue weighted by Gasteiger charge is -2.23. The van der Waals surface area contributed by atoms with Crippen LogP contribution in [-0.4, -0.2) is 0 Å². The van der Waals surface area contributed by atoms with Crippen LogP contribution < -0.4 is 0 Å². The molecule has 0 fully saturated rings. The molecule has 0 N–H and O–H groups in total. The van der Waals surface area contributed by atoms with Crippen LogP contribution in [0.4, 0.5) is 0 Å². The van der Waals surface area contributed by atoms with Crippen LogP contribution >= 0.6 is 0 Å². The molecule has 0 heterocycles. The molecule has 8 aromatic carbocycles. The zero-order valence-corrected chi connectivity index (χ0v) is 28.2. The van der Waals surface area contributed by atoms with Gasteiger partial charge in [0.1, 0.15) is 0 Å². The van der Waals surface area contributed by atoms with Gasteiger partial charge in [-0.3, -0.25) is 0 Å². The van der Waals surface area contributed by atoms with Crippen molar-refractivity contribution in [1.29, 1.82) is 0 Å². The molecule has 0 bridgehead atoms. The normalized spacial score (nSPS) is 12.8. The van der Waals surface area contributed by atoms with Crippen molar-refractivity contribution in [2.75, 3.05) is 0 Å². The molecule has 0 atom stereocenters. The minimum Gasteiger partial charge on any atom is -0.0654 e. The molecular weight excluding hydrogens is 577 g/mol. The molecule has 2 aliphatic rings. The molecule has 0 spiro atoms. The topological polar surface area (TPSA) is 0 Å². The fourth-order valence-electron chi connectivity index (χ4n) is 8.85. The summed E-state index contributed by atoms with van der Waals surface area (Å²) in [5, 5.41) is 21.7. The van der Waals surface area contributed by atoms with E-state index in [0.717, 1.165) is 6.42 Å². The lowest BCUT2D eigenvalue weighted by molar-refractivity contribution is 0.592. The quantitative estimate of drug-likeness (QED) is 0.173. The number of unbranched alkanes of at least 4 members (excludes halogenated alkanes) is 1. The van der Waals surface area contributed by atoms with Crippen LogP contribution in [0.5, 0.6) is 0 Å². The third-order valence-electron chi connectivity index (χ3n) is 11.2. The van der Waals surface area contributed by atoms with Crippen molar-refractivity contribution in [3.05, 3.63) is 174 Å². The summed E-state index contributed by atoms with van der Waals surface area (Å²) in [6.07, 6.45) is 3.62. The number of hydrogen-bond donors (Lipinski definition) is 0. The SMILES string of the molecule is CCCCc1ccc2cc3cc4c(cc3cc2c1)=c1ccc2c3c(ccc=4c13)=c1cc3cccc(-c4ccccc4C(C)(C)C)c3cc1=2. The first kappa shape index (κ1) is 27.9. The van der Waals surface area contributed by atoms with Gasteiger partial charge in [0.2, 0.25) is 0 Å². The van der Waals surface area contributed by atoms with Gasteiger partial charge >= 0.3 is 0 Å². The van der Waals surface area contributed by atoms with Gasteiger partial charge in [-0.1, -0.05) is 119 Å². The Labute approximate surface area is 279 Å². The maximum atomic E-state index is 2.48. The second-order valence-electron chi connectivity index (χ2n) is 15.2. The Balaban J connectivity index is 1.27. The second kappa shape index (κ2) is 9.91. The van der Waals surface area contributed by atoms with Crippen molar-refractivity contribution in [3.63, 3.8) is 0 Å². The van der Waals surface area contributed by atoms with Crippen LogP contribution in [-0.2, 0) is 11.8 Å². The molecule has 0 nitrogen and oxygen atoms in total. The number of hydrogen-bond acceptors (Lipinski definition) is 0. The molecular formula is C48H38. The fraction of sp³-hybridized carbons (Fsp3) is 0.167. The van der Waals surface area contributed by atoms with E-state index in [1.165, 1.54) is 120 Å². The van der Waals surface area contributed by atoms with Crippen LogP contribution in [0.1, 0.15) is 51.7 Å². The summed E-state index contributed by atoms with van der Waals surface area (Å²) in [5.74, 6) is 0. The first-order chi connectivity index (χ1) is 23.4. The first-order valence-electron chi connectivity index (χ1n) is 17.7. The largest absolute Gasteiger partial charge is 0.0654 e. The van der Waals surface area contributed by atoms with Crippen molar-refractivity contribution in [2.24, 2.45) is 0 Å². The average molecular weight is 615 g/mol. The van der Waals surface area contributed by atoms with Crippen LogP contribution in [0.25, 0.3) is 54.2 Å². The Morgan fingerprint density at radius 2 is 1.00 bits per heavy atom. The lowest BCUT2D eigenvalue weighted by Crippen LogP contribution is -2.12. The van der Waals surface area contributed by atoms with E-state index in [9.17, 15) is 0 Å². The zero-order valence-electron chi connectivity index (χ0n) is 28.2. The van der Waals surface area contributed by atoms with E-state index in [0.29, 0.717) is 0 Å². The van der Waals surface area contributed by atoms with Gasteiger partial charge < -0.3 is 0 Å². The predicted octanol–water partition coefficient (Wildman–Crippen LogP) is 12.4. The van der Waals surface area contributed by atoms with Crippen LogP contribution in [0.3, 0.4) is 0 Å². The molecule has 0 saturated carbocycles. The molecule has 0 saturated heterocycles. The van der Waals surface area contributed by atoms with Crippen molar-refractivity contribution >= 4 is 43.1 Å². The smallest absolute Gasteiger partial charge is 0.00139 e. The molecule has 8 aromatic rings. The van der Waals surface area contributed by atoms with E-state index >= 15 is 0 Å². The molecule has 48 heavy (non-hydrogen) atoms. The van der Waals surface area contributed by atoms with Gasteiger partial charge in [0.25, 0.3) is 0 Å². The van der Waals surface area contributed by atoms with Crippen molar-refractivity contribution in [3.8, 4) is 11.1 Å². The van der Waals surface area contributed by atoms with Crippen molar-refractivity contribution in [1.82, 2.24) is 0 Å². The molecule has 0 aromatic heterocycles. The number of aryl methyl sites for hydroxylation is 1. The Bertz CT molecular complexity index is 3120. The van der Waals surface area contributed by atoms with Gasteiger partial charge in [-0.25, -0.2) is 0 Å². The predicted molar refractivity (Wildman–Crippen MR) is 203 cm³/mol. The summed E-state index contributed by atoms with van der Waals surface area (Å²) in [6, 6.07) is 47.0. The number of benzene rings is 8. The van der Waals surface area contributed by atoms with Gasteiger partial charge in [-0.2, -0.15) is 0 Å². The van der Waals surface area contributed by atoms with Gasteiger partial charge in [0.05, 0.1) is 0 Å². The molecule has 2 aliphatic carbocycles. The van der Waals surface area contributed by atoms with E-state index in [2.05, 4.69) is 149 Å². The van der Waals surface area contributed by atoms with Crippen molar-refractivity contribution < 1.29 is 0 Å². The lowest BCUT2D eigenvalue weighted by atomic mass is 9.81. The Morgan fingerprint density at radius 1 is 0.438 bits per heavy atom. The highest BCUT2D eigenvalue weighted by Crippen LogP contribution is 2.38. The third-order valence-corrected chi connectivity index (χ3v) is 11.2. The molecule has 0 heteroatoms. The minimum absolute atomic E-state index is 0.0590. The molecule has 0 amide bonds. The van der Waals surface area contributed by atoms with E-state index in [-0.39, 0.29) is 5.41 Å². The van der Waals surface area contributed by atoms with E-state index in [4.69, 9.17) is 0 Å². The van der Waals surface area contributed by atoms with E-state index in [1.807, 2.05) is 0 Å². The minimum atomic E-state index is 0.0590. The highest BCUT2D eigenvalue weighted by atomic mass is 14.2. The maximum Gasteiger partial charge on any atom is -0.00139 e. The maximum absolute atomic E-state index is 2.48. The fourth-order valence-corrected chi connectivity index (χ4v) is 8.85.